The van der Waals surface area contributed by atoms with Crippen molar-refractivity contribution in [3.8, 4) is 5.75 Å². The van der Waals surface area contributed by atoms with Gasteiger partial charge in [0.1, 0.15) is 17.0 Å². The molecule has 1 aromatic heterocycles. The number of ether oxygens (including phenoxy) is 1. The van der Waals surface area contributed by atoms with Crippen LogP contribution < -0.4 is 15.4 Å². The van der Waals surface area contributed by atoms with Gasteiger partial charge < -0.3 is 24.8 Å². The van der Waals surface area contributed by atoms with Crippen molar-refractivity contribution < 1.29 is 19.1 Å². The number of aromatic nitrogens is 1. The Balaban J connectivity index is 1.62. The maximum absolute atomic E-state index is 14.3. The standard InChI is InChI=1S/C28H38N4O4/c1-18(33)29-24-22-16-21(36-3)14-15-23(22)31-17-28(2,27(35)30-19-10-6-4-5-7-11-19)32(26(34)25(24)31)20-12-8-9-13-20/h14-16,19-20H,4-13,17H2,1-3H3,(H,29,33)(H,30,35)/t28-/m0/s1. The average molecular weight is 495 g/mol. The van der Waals surface area contributed by atoms with Gasteiger partial charge in [0.2, 0.25) is 11.8 Å². The van der Waals surface area contributed by atoms with Gasteiger partial charge in [-0.3, -0.25) is 14.4 Å². The van der Waals surface area contributed by atoms with E-state index in [4.69, 9.17) is 4.74 Å². The van der Waals surface area contributed by atoms with Crippen molar-refractivity contribution in [1.29, 1.82) is 0 Å². The predicted octanol–water partition coefficient (Wildman–Crippen LogP) is 4.60. The molecular weight excluding hydrogens is 456 g/mol. The third-order valence-electron chi connectivity index (χ3n) is 8.36. The highest BCUT2D eigenvalue weighted by atomic mass is 16.5. The number of rotatable bonds is 5. The quantitative estimate of drug-likeness (QED) is 0.594. The zero-order valence-electron chi connectivity index (χ0n) is 21.7. The Morgan fingerprint density at radius 1 is 1.03 bits per heavy atom. The van der Waals surface area contributed by atoms with E-state index in [0.29, 0.717) is 23.7 Å². The van der Waals surface area contributed by atoms with E-state index in [1.807, 2.05) is 34.6 Å². The lowest BCUT2D eigenvalue weighted by Gasteiger charge is -2.47. The lowest BCUT2D eigenvalue weighted by atomic mass is 9.91. The SMILES string of the molecule is COc1ccc2c(c1)c(NC(C)=O)c1n2C[C@@](C)(C(=O)NC2CCCCCC2)N(C2CCCC2)C1=O. The molecule has 2 aromatic rings. The van der Waals surface area contributed by atoms with Gasteiger partial charge in [0.15, 0.2) is 0 Å². The summed E-state index contributed by atoms with van der Waals surface area (Å²) in [5.74, 6) is 0.140. The Hall–Kier alpha value is -3.03. The van der Waals surface area contributed by atoms with E-state index >= 15 is 0 Å². The summed E-state index contributed by atoms with van der Waals surface area (Å²) in [6.45, 7) is 3.71. The molecule has 2 N–H and O–H groups in total. The second-order valence-corrected chi connectivity index (χ2v) is 10.9. The number of hydrogen-bond donors (Lipinski definition) is 2. The third-order valence-corrected chi connectivity index (χ3v) is 8.36. The van der Waals surface area contributed by atoms with E-state index in [1.54, 1.807) is 7.11 Å². The lowest BCUT2D eigenvalue weighted by molar-refractivity contribution is -0.135. The second kappa shape index (κ2) is 9.79. The lowest BCUT2D eigenvalue weighted by Crippen LogP contribution is -2.67. The molecule has 5 rings (SSSR count). The van der Waals surface area contributed by atoms with Crippen LogP contribution >= 0.6 is 0 Å². The van der Waals surface area contributed by atoms with Gasteiger partial charge in [-0.15, -0.1) is 0 Å². The molecule has 3 amide bonds. The molecule has 8 heteroatoms. The smallest absolute Gasteiger partial charge is 0.273 e. The number of benzene rings is 1. The molecule has 0 radical (unpaired) electrons. The number of nitrogens with one attached hydrogen (secondary N) is 2. The summed E-state index contributed by atoms with van der Waals surface area (Å²) in [6.07, 6.45) is 10.5. The maximum Gasteiger partial charge on any atom is 0.273 e. The topological polar surface area (TPSA) is 92.7 Å². The Bertz CT molecular complexity index is 1170. The van der Waals surface area contributed by atoms with Crippen LogP contribution in [0.5, 0.6) is 5.75 Å². The van der Waals surface area contributed by atoms with Gasteiger partial charge in [-0.05, 0) is 50.8 Å². The summed E-state index contributed by atoms with van der Waals surface area (Å²) >= 11 is 0. The fraction of sp³-hybridized carbons (Fsp3) is 0.607. The van der Waals surface area contributed by atoms with Crippen molar-refractivity contribution in [3.63, 3.8) is 0 Å². The number of methoxy groups -OCH3 is 1. The Morgan fingerprint density at radius 3 is 2.33 bits per heavy atom. The molecule has 194 valence electrons. The van der Waals surface area contributed by atoms with Crippen LogP contribution in [0.3, 0.4) is 0 Å². The molecule has 2 heterocycles. The average Bonchev–Trinajstić information content (AvgIpc) is 3.38. The molecule has 0 spiro atoms. The molecule has 0 bridgehead atoms. The van der Waals surface area contributed by atoms with Crippen molar-refractivity contribution >= 4 is 34.3 Å². The third kappa shape index (κ3) is 4.24. The zero-order valence-corrected chi connectivity index (χ0v) is 21.7. The Kier molecular flexibility index (Phi) is 6.70. The normalized spacial score (nSPS) is 23.4. The number of fused-ring (bicyclic) bond motifs is 3. The van der Waals surface area contributed by atoms with Crippen molar-refractivity contribution in [3.05, 3.63) is 23.9 Å². The van der Waals surface area contributed by atoms with Crippen LogP contribution in [0, 0.1) is 0 Å². The Labute approximate surface area is 212 Å². The molecule has 1 aromatic carbocycles. The highest BCUT2D eigenvalue weighted by Crippen LogP contribution is 2.42. The van der Waals surface area contributed by atoms with Gasteiger partial charge >= 0.3 is 0 Å². The van der Waals surface area contributed by atoms with Crippen molar-refractivity contribution in [2.45, 2.75) is 102 Å². The van der Waals surface area contributed by atoms with Crippen LogP contribution in [-0.4, -0.2) is 51.9 Å². The summed E-state index contributed by atoms with van der Waals surface area (Å²) in [5.41, 5.74) is 0.725. The first-order chi connectivity index (χ1) is 17.3. The molecule has 8 nitrogen and oxygen atoms in total. The van der Waals surface area contributed by atoms with Crippen LogP contribution in [0.1, 0.15) is 88.5 Å². The molecule has 1 atom stereocenters. The van der Waals surface area contributed by atoms with Gasteiger partial charge in [-0.1, -0.05) is 38.5 Å². The molecule has 2 saturated carbocycles. The first-order valence-corrected chi connectivity index (χ1v) is 13.5. The minimum absolute atomic E-state index is 0.00820. The Morgan fingerprint density at radius 2 is 1.69 bits per heavy atom. The molecule has 0 saturated heterocycles. The maximum atomic E-state index is 14.3. The van der Waals surface area contributed by atoms with E-state index in [2.05, 4.69) is 10.6 Å². The predicted molar refractivity (Wildman–Crippen MR) is 139 cm³/mol. The number of carbonyl (C=O) groups is 3. The van der Waals surface area contributed by atoms with Crippen LogP contribution in [0.25, 0.3) is 10.9 Å². The van der Waals surface area contributed by atoms with E-state index in [1.165, 1.54) is 19.8 Å². The summed E-state index contributed by atoms with van der Waals surface area (Å²) < 4.78 is 7.37. The largest absolute Gasteiger partial charge is 0.497 e. The van der Waals surface area contributed by atoms with E-state index in [0.717, 1.165) is 62.3 Å². The molecular formula is C28H38N4O4. The summed E-state index contributed by atoms with van der Waals surface area (Å²) in [6, 6.07) is 5.77. The molecule has 1 aliphatic heterocycles. The van der Waals surface area contributed by atoms with Gasteiger partial charge in [0.05, 0.1) is 24.9 Å². The molecule has 0 unspecified atom stereocenters. The number of hydrogen-bond acceptors (Lipinski definition) is 4. The van der Waals surface area contributed by atoms with Crippen molar-refractivity contribution in [2.75, 3.05) is 12.4 Å². The molecule has 2 fully saturated rings. The monoisotopic (exact) mass is 494 g/mol. The van der Waals surface area contributed by atoms with Crippen molar-refractivity contribution in [1.82, 2.24) is 14.8 Å². The summed E-state index contributed by atoms with van der Waals surface area (Å²) in [7, 11) is 1.59. The first kappa shape index (κ1) is 24.7. The fourth-order valence-corrected chi connectivity index (χ4v) is 6.55. The van der Waals surface area contributed by atoms with E-state index in [-0.39, 0.29) is 29.8 Å². The summed E-state index contributed by atoms with van der Waals surface area (Å²) in [4.78, 5) is 42.4. The first-order valence-electron chi connectivity index (χ1n) is 13.5. The number of amides is 3. The summed E-state index contributed by atoms with van der Waals surface area (Å²) in [5, 5.41) is 7.00. The van der Waals surface area contributed by atoms with Crippen LogP contribution in [0.4, 0.5) is 5.69 Å². The molecule has 3 aliphatic rings. The van der Waals surface area contributed by atoms with Crippen LogP contribution in [0.15, 0.2) is 18.2 Å². The number of anilines is 1. The highest BCUT2D eigenvalue weighted by Gasteiger charge is 2.52. The second-order valence-electron chi connectivity index (χ2n) is 10.9. The zero-order chi connectivity index (χ0) is 25.4. The van der Waals surface area contributed by atoms with Gasteiger partial charge in [0.25, 0.3) is 5.91 Å². The van der Waals surface area contributed by atoms with E-state index < -0.39 is 5.54 Å². The minimum atomic E-state index is -1.02. The van der Waals surface area contributed by atoms with Crippen LogP contribution in [0.2, 0.25) is 0 Å². The van der Waals surface area contributed by atoms with Crippen LogP contribution in [-0.2, 0) is 16.1 Å². The fourth-order valence-electron chi connectivity index (χ4n) is 6.55. The van der Waals surface area contributed by atoms with Gasteiger partial charge in [-0.2, -0.15) is 0 Å². The molecule has 2 aliphatic carbocycles. The van der Waals surface area contributed by atoms with E-state index in [9.17, 15) is 14.4 Å². The highest BCUT2D eigenvalue weighted by molar-refractivity contribution is 6.14. The van der Waals surface area contributed by atoms with Gasteiger partial charge in [-0.25, -0.2) is 0 Å². The van der Waals surface area contributed by atoms with Gasteiger partial charge in [0, 0.05) is 24.4 Å². The number of carbonyl (C=O) groups excluding carboxylic acids is 3. The van der Waals surface area contributed by atoms with Crippen molar-refractivity contribution in [2.24, 2.45) is 0 Å². The molecule has 36 heavy (non-hydrogen) atoms. The minimum Gasteiger partial charge on any atom is -0.497 e. The number of nitrogens with zero attached hydrogens (tertiary/aromatic N) is 2.